The number of anilines is 1. The molecule has 0 aliphatic rings. The molecule has 1 N–H and O–H groups in total. The Morgan fingerprint density at radius 1 is 0.879 bits per heavy atom. The molecular weight excluding hydrogens is 436 g/mol. The van der Waals surface area contributed by atoms with Crippen LogP contribution in [0.4, 0.5) is 5.69 Å². The van der Waals surface area contributed by atoms with E-state index in [0.717, 1.165) is 23.4 Å². The van der Waals surface area contributed by atoms with Gasteiger partial charge in [0.15, 0.2) is 0 Å². The summed E-state index contributed by atoms with van der Waals surface area (Å²) in [4.78, 5) is 12.9. The highest BCUT2D eigenvalue weighted by atomic mass is 32.2. The fraction of sp³-hybridized carbons (Fsp3) is 0.269. The largest absolute Gasteiger partial charge is 0.457 e. The van der Waals surface area contributed by atoms with Gasteiger partial charge in [-0.25, -0.2) is 8.42 Å². The van der Waals surface area contributed by atoms with Crippen molar-refractivity contribution in [2.24, 2.45) is 0 Å². The predicted octanol–water partition coefficient (Wildman–Crippen LogP) is 4.77. The smallest absolute Gasteiger partial charge is 0.243 e. The van der Waals surface area contributed by atoms with Gasteiger partial charge in [0, 0.05) is 6.04 Å². The molecule has 0 saturated carbocycles. The summed E-state index contributed by atoms with van der Waals surface area (Å²) in [6, 6.07) is 25.0. The average Bonchev–Trinajstić information content (AvgIpc) is 2.79. The van der Waals surface area contributed by atoms with Gasteiger partial charge < -0.3 is 10.1 Å². The van der Waals surface area contributed by atoms with E-state index in [0.29, 0.717) is 17.2 Å². The molecule has 0 radical (unpaired) electrons. The fourth-order valence-corrected chi connectivity index (χ4v) is 4.73. The van der Waals surface area contributed by atoms with Crippen LogP contribution in [-0.2, 0) is 21.2 Å². The quantitative estimate of drug-likeness (QED) is 0.467. The van der Waals surface area contributed by atoms with Crippen LogP contribution >= 0.6 is 0 Å². The lowest BCUT2D eigenvalue weighted by atomic mass is 10.1. The molecule has 0 unspecified atom stereocenters. The third-order valence-corrected chi connectivity index (χ3v) is 6.50. The highest BCUT2D eigenvalue weighted by molar-refractivity contribution is 7.92. The zero-order chi connectivity index (χ0) is 23.8. The molecule has 3 rings (SSSR count). The molecule has 0 heterocycles. The second-order valence-corrected chi connectivity index (χ2v) is 9.94. The molecule has 6 nitrogen and oxygen atoms in total. The Balaban J connectivity index is 1.66. The van der Waals surface area contributed by atoms with Crippen molar-refractivity contribution in [2.45, 2.75) is 38.8 Å². The molecule has 7 heteroatoms. The molecule has 0 fully saturated rings. The molecule has 33 heavy (non-hydrogen) atoms. The lowest BCUT2D eigenvalue weighted by Crippen LogP contribution is -2.49. The van der Waals surface area contributed by atoms with Crippen molar-refractivity contribution in [3.8, 4) is 11.5 Å². The Morgan fingerprint density at radius 2 is 1.42 bits per heavy atom. The van der Waals surface area contributed by atoms with Crippen LogP contribution in [0.1, 0.15) is 25.8 Å². The van der Waals surface area contributed by atoms with Crippen molar-refractivity contribution >= 4 is 21.6 Å². The summed E-state index contributed by atoms with van der Waals surface area (Å²) in [5.74, 6) is 0.915. The molecule has 1 amide bonds. The minimum Gasteiger partial charge on any atom is -0.457 e. The number of carbonyl (C=O) groups is 1. The van der Waals surface area contributed by atoms with Crippen LogP contribution in [0.3, 0.4) is 0 Å². The summed E-state index contributed by atoms with van der Waals surface area (Å²) in [5.41, 5.74) is 1.60. The summed E-state index contributed by atoms with van der Waals surface area (Å²) in [5, 5.41) is 2.95. The number of hydrogen-bond acceptors (Lipinski definition) is 4. The number of rotatable bonds is 10. The lowest BCUT2D eigenvalue weighted by Gasteiger charge is -2.29. The van der Waals surface area contributed by atoms with Gasteiger partial charge in [-0.1, -0.05) is 48.5 Å². The monoisotopic (exact) mass is 466 g/mol. The zero-order valence-corrected chi connectivity index (χ0v) is 20.0. The van der Waals surface area contributed by atoms with E-state index >= 15 is 0 Å². The molecule has 2 atom stereocenters. The molecule has 0 spiro atoms. The highest BCUT2D eigenvalue weighted by Crippen LogP contribution is 2.27. The standard InChI is InChI=1S/C26H30N2O4S/c1-20(14-15-22-10-6-4-7-11-22)27-26(29)21(2)28(33(3,30)31)23-16-18-25(19-17-23)32-24-12-8-5-9-13-24/h4-13,16-21H,14-15H2,1-3H3,(H,27,29)/t20-,21+/m1/s1. The van der Waals surface area contributed by atoms with Crippen LogP contribution in [-0.4, -0.2) is 32.7 Å². The minimum atomic E-state index is -3.69. The number of aryl methyl sites for hydroxylation is 1. The molecule has 174 valence electrons. The number of nitrogens with one attached hydrogen (secondary N) is 1. The van der Waals surface area contributed by atoms with Crippen LogP contribution in [0.2, 0.25) is 0 Å². The number of benzene rings is 3. The van der Waals surface area contributed by atoms with Crippen molar-refractivity contribution < 1.29 is 17.9 Å². The van der Waals surface area contributed by atoms with Gasteiger partial charge in [-0.15, -0.1) is 0 Å². The van der Waals surface area contributed by atoms with Gasteiger partial charge in [-0.3, -0.25) is 9.10 Å². The van der Waals surface area contributed by atoms with E-state index in [2.05, 4.69) is 5.32 Å². The summed E-state index contributed by atoms with van der Waals surface area (Å²) in [6.07, 6.45) is 2.69. The molecule has 0 saturated heterocycles. The maximum Gasteiger partial charge on any atom is 0.243 e. The topological polar surface area (TPSA) is 75.7 Å². The maximum atomic E-state index is 12.9. The van der Waals surface area contributed by atoms with E-state index in [1.165, 1.54) is 5.56 Å². The molecule has 0 aliphatic heterocycles. The van der Waals surface area contributed by atoms with Crippen molar-refractivity contribution in [3.05, 3.63) is 90.5 Å². The predicted molar refractivity (Wildman–Crippen MR) is 132 cm³/mol. The number of carbonyl (C=O) groups excluding carboxylic acids is 1. The van der Waals surface area contributed by atoms with Crippen LogP contribution in [0, 0.1) is 0 Å². The van der Waals surface area contributed by atoms with E-state index in [4.69, 9.17) is 4.74 Å². The zero-order valence-electron chi connectivity index (χ0n) is 19.1. The third-order valence-electron chi connectivity index (χ3n) is 5.26. The van der Waals surface area contributed by atoms with Crippen molar-refractivity contribution in [1.29, 1.82) is 0 Å². The van der Waals surface area contributed by atoms with Crippen LogP contribution in [0.15, 0.2) is 84.9 Å². The van der Waals surface area contributed by atoms with Gasteiger partial charge in [-0.2, -0.15) is 0 Å². The molecular formula is C26H30N2O4S. The van der Waals surface area contributed by atoms with Gasteiger partial charge in [0.05, 0.1) is 11.9 Å². The normalized spacial score (nSPS) is 13.1. The van der Waals surface area contributed by atoms with Crippen LogP contribution in [0.25, 0.3) is 0 Å². The van der Waals surface area contributed by atoms with Crippen LogP contribution in [0.5, 0.6) is 11.5 Å². The second-order valence-electron chi connectivity index (χ2n) is 8.08. The number of amides is 1. The molecule has 3 aromatic rings. The first kappa shape index (κ1) is 24.3. The van der Waals surface area contributed by atoms with E-state index in [1.54, 1.807) is 31.2 Å². The molecule has 0 aliphatic carbocycles. The van der Waals surface area contributed by atoms with Crippen molar-refractivity contribution in [2.75, 3.05) is 10.6 Å². The number of nitrogens with zero attached hydrogens (tertiary/aromatic N) is 1. The van der Waals surface area contributed by atoms with Gasteiger partial charge in [0.2, 0.25) is 15.9 Å². The van der Waals surface area contributed by atoms with E-state index < -0.39 is 16.1 Å². The molecule has 3 aromatic carbocycles. The lowest BCUT2D eigenvalue weighted by molar-refractivity contribution is -0.122. The van der Waals surface area contributed by atoms with Gasteiger partial charge in [0.1, 0.15) is 17.5 Å². The summed E-state index contributed by atoms with van der Waals surface area (Å²) < 4.78 is 32.0. The molecule has 0 bridgehead atoms. The summed E-state index contributed by atoms with van der Waals surface area (Å²) in [6.45, 7) is 3.52. The Kier molecular flexibility index (Phi) is 8.11. The Morgan fingerprint density at radius 3 is 2.00 bits per heavy atom. The van der Waals surface area contributed by atoms with E-state index in [1.807, 2.05) is 67.6 Å². The fourth-order valence-electron chi connectivity index (χ4n) is 3.56. The first-order valence-electron chi connectivity index (χ1n) is 10.9. The Bertz CT molecular complexity index is 1130. The number of para-hydroxylation sites is 1. The van der Waals surface area contributed by atoms with Gasteiger partial charge >= 0.3 is 0 Å². The van der Waals surface area contributed by atoms with Crippen molar-refractivity contribution in [1.82, 2.24) is 5.32 Å². The Hall–Kier alpha value is -3.32. The molecule has 0 aromatic heterocycles. The first-order chi connectivity index (χ1) is 15.7. The van der Waals surface area contributed by atoms with E-state index in [9.17, 15) is 13.2 Å². The third kappa shape index (κ3) is 7.08. The van der Waals surface area contributed by atoms with Gasteiger partial charge in [-0.05, 0) is 68.7 Å². The Labute approximate surface area is 196 Å². The van der Waals surface area contributed by atoms with E-state index in [-0.39, 0.29) is 11.9 Å². The number of sulfonamides is 1. The SMILES string of the molecule is C[C@H](CCc1ccccc1)NC(=O)[C@H](C)N(c1ccc(Oc2ccccc2)cc1)S(C)(=O)=O. The number of hydrogen-bond donors (Lipinski definition) is 1. The second kappa shape index (κ2) is 11.0. The first-order valence-corrected chi connectivity index (χ1v) is 12.8. The van der Waals surface area contributed by atoms with Gasteiger partial charge in [0.25, 0.3) is 0 Å². The van der Waals surface area contributed by atoms with Crippen molar-refractivity contribution in [3.63, 3.8) is 0 Å². The van der Waals surface area contributed by atoms with Crippen LogP contribution < -0.4 is 14.4 Å². The number of ether oxygens (including phenoxy) is 1. The summed E-state index contributed by atoms with van der Waals surface area (Å²) in [7, 11) is -3.69. The minimum absolute atomic E-state index is 0.0942. The highest BCUT2D eigenvalue weighted by Gasteiger charge is 2.29. The maximum absolute atomic E-state index is 12.9. The summed E-state index contributed by atoms with van der Waals surface area (Å²) >= 11 is 0. The average molecular weight is 467 g/mol.